The van der Waals surface area contributed by atoms with Crippen LogP contribution in [0.2, 0.25) is 0 Å². The van der Waals surface area contributed by atoms with Gasteiger partial charge in [0.2, 0.25) is 0 Å². The van der Waals surface area contributed by atoms with Crippen molar-refractivity contribution < 1.29 is 17.9 Å². The third-order valence-corrected chi connectivity index (χ3v) is 5.59. The van der Waals surface area contributed by atoms with Gasteiger partial charge in [0.05, 0.1) is 12.5 Å². The van der Waals surface area contributed by atoms with Crippen LogP contribution < -0.4 is 4.74 Å². The Kier molecular flexibility index (Phi) is 4.01. The fraction of sp³-hybridized carbons (Fsp3) is 0.429. The van der Waals surface area contributed by atoms with E-state index in [1.807, 2.05) is 6.08 Å². The van der Waals surface area contributed by atoms with Crippen molar-refractivity contribution in [1.82, 2.24) is 0 Å². The predicted octanol–water partition coefficient (Wildman–Crippen LogP) is 6.24. The zero-order valence-corrected chi connectivity index (χ0v) is 14.4. The van der Waals surface area contributed by atoms with Gasteiger partial charge in [-0.3, -0.25) is 0 Å². The summed E-state index contributed by atoms with van der Waals surface area (Å²) in [6.45, 7) is 4.25. The number of hydrogen-bond acceptors (Lipinski definition) is 1. The van der Waals surface area contributed by atoms with E-state index < -0.39 is 23.4 Å². The molecule has 0 N–H and O–H groups in total. The third-order valence-electron chi connectivity index (χ3n) is 5.59. The summed E-state index contributed by atoms with van der Waals surface area (Å²) in [4.78, 5) is 0. The highest BCUT2D eigenvalue weighted by atomic mass is 19.2. The molecule has 0 bridgehead atoms. The molecule has 0 saturated carbocycles. The van der Waals surface area contributed by atoms with E-state index in [2.05, 4.69) is 6.92 Å². The number of halogens is 3. The van der Waals surface area contributed by atoms with Gasteiger partial charge in [-0.15, -0.1) is 0 Å². The monoisotopic (exact) mass is 346 g/mol. The summed E-state index contributed by atoms with van der Waals surface area (Å²) in [5, 5.41) is 0. The Labute approximate surface area is 145 Å². The van der Waals surface area contributed by atoms with Crippen molar-refractivity contribution in [2.24, 2.45) is 5.92 Å². The molecule has 0 heterocycles. The lowest BCUT2D eigenvalue weighted by Gasteiger charge is -2.41. The Morgan fingerprint density at radius 3 is 2.68 bits per heavy atom. The van der Waals surface area contributed by atoms with Crippen LogP contribution in [0.1, 0.15) is 56.1 Å². The molecule has 0 radical (unpaired) electrons. The molecule has 0 amide bonds. The van der Waals surface area contributed by atoms with Gasteiger partial charge in [-0.25, -0.2) is 13.2 Å². The molecule has 4 heteroatoms. The standard InChI is InChI=1S/C21H21F3O/c1-3-25-16-9-8-13-15-10-14(12-6-4-11(2)5-7-12)19(22)21(24)18(15)17(13)20(16)23/h6,8-11,15,18H,3-5,7H2,1-2H3. The van der Waals surface area contributed by atoms with Gasteiger partial charge in [0.15, 0.2) is 17.4 Å². The minimum absolute atomic E-state index is 0.103. The molecule has 0 fully saturated rings. The van der Waals surface area contributed by atoms with E-state index in [4.69, 9.17) is 4.74 Å². The molecule has 3 unspecified atom stereocenters. The molecule has 0 spiro atoms. The number of hydrogen-bond donors (Lipinski definition) is 0. The van der Waals surface area contributed by atoms with Crippen molar-refractivity contribution in [3.8, 4) is 5.75 Å². The fourth-order valence-electron chi connectivity index (χ4n) is 4.17. The van der Waals surface area contributed by atoms with E-state index in [9.17, 15) is 13.2 Å². The SMILES string of the molecule is CCOc1ccc2c(c1F)C1C(F)=C(F)C(C3=CCC(C)CC3)=CC21. The number of allylic oxidation sites excluding steroid dienone is 6. The summed E-state index contributed by atoms with van der Waals surface area (Å²) >= 11 is 0. The van der Waals surface area contributed by atoms with Gasteiger partial charge in [0.1, 0.15) is 5.83 Å². The van der Waals surface area contributed by atoms with Crippen LogP contribution in [-0.4, -0.2) is 6.61 Å². The molecule has 0 saturated heterocycles. The number of rotatable bonds is 3. The first-order chi connectivity index (χ1) is 12.0. The van der Waals surface area contributed by atoms with Gasteiger partial charge in [-0.1, -0.05) is 25.1 Å². The minimum Gasteiger partial charge on any atom is -0.491 e. The van der Waals surface area contributed by atoms with Crippen LogP contribution in [0.25, 0.3) is 0 Å². The summed E-state index contributed by atoms with van der Waals surface area (Å²) < 4.78 is 49.3. The number of benzene rings is 1. The highest BCUT2D eigenvalue weighted by Gasteiger charge is 2.47. The first-order valence-electron chi connectivity index (χ1n) is 8.94. The summed E-state index contributed by atoms with van der Waals surface area (Å²) in [6, 6.07) is 3.35. The van der Waals surface area contributed by atoms with Gasteiger partial charge in [-0.2, -0.15) is 0 Å². The maximum absolute atomic E-state index is 14.8. The average molecular weight is 346 g/mol. The molecular formula is C21H21F3O. The first-order valence-corrected chi connectivity index (χ1v) is 8.94. The Balaban J connectivity index is 1.75. The number of ether oxygens (including phenoxy) is 1. The molecule has 1 nitrogen and oxygen atoms in total. The molecular weight excluding hydrogens is 325 g/mol. The summed E-state index contributed by atoms with van der Waals surface area (Å²) in [6.07, 6.45) is 6.43. The zero-order valence-electron chi connectivity index (χ0n) is 14.4. The summed E-state index contributed by atoms with van der Waals surface area (Å²) in [5.41, 5.74) is 2.22. The van der Waals surface area contributed by atoms with Crippen LogP contribution in [-0.2, 0) is 0 Å². The second-order valence-electron chi connectivity index (χ2n) is 7.17. The van der Waals surface area contributed by atoms with E-state index in [-0.39, 0.29) is 17.2 Å². The molecule has 3 aliphatic carbocycles. The Bertz CT molecular complexity index is 819. The lowest BCUT2D eigenvalue weighted by molar-refractivity contribution is 0.314. The molecule has 3 aliphatic rings. The lowest BCUT2D eigenvalue weighted by Crippen LogP contribution is -2.29. The molecule has 0 aromatic heterocycles. The fourth-order valence-corrected chi connectivity index (χ4v) is 4.17. The van der Waals surface area contributed by atoms with Gasteiger partial charge in [0.25, 0.3) is 0 Å². The van der Waals surface area contributed by atoms with Crippen LogP contribution >= 0.6 is 0 Å². The van der Waals surface area contributed by atoms with Gasteiger partial charge < -0.3 is 4.74 Å². The second kappa shape index (κ2) is 6.08. The number of fused-ring (bicyclic) bond motifs is 4. The predicted molar refractivity (Wildman–Crippen MR) is 91.5 cm³/mol. The van der Waals surface area contributed by atoms with Crippen LogP contribution in [0.4, 0.5) is 13.2 Å². The van der Waals surface area contributed by atoms with Crippen molar-refractivity contribution >= 4 is 0 Å². The molecule has 3 atom stereocenters. The topological polar surface area (TPSA) is 9.23 Å². The maximum atomic E-state index is 14.8. The van der Waals surface area contributed by atoms with Crippen LogP contribution in [0.3, 0.4) is 0 Å². The summed E-state index contributed by atoms with van der Waals surface area (Å²) in [7, 11) is 0. The Morgan fingerprint density at radius 2 is 2.00 bits per heavy atom. The molecule has 0 aliphatic heterocycles. The Morgan fingerprint density at radius 1 is 1.20 bits per heavy atom. The third kappa shape index (κ3) is 2.45. The first kappa shape index (κ1) is 16.5. The quantitative estimate of drug-likeness (QED) is 0.629. The van der Waals surface area contributed by atoms with Crippen molar-refractivity contribution in [3.05, 3.63) is 64.0 Å². The van der Waals surface area contributed by atoms with Crippen molar-refractivity contribution in [3.63, 3.8) is 0 Å². The van der Waals surface area contributed by atoms with Crippen molar-refractivity contribution in [1.29, 1.82) is 0 Å². The molecule has 1 aromatic carbocycles. The van der Waals surface area contributed by atoms with Gasteiger partial charge >= 0.3 is 0 Å². The van der Waals surface area contributed by atoms with Crippen LogP contribution in [0.15, 0.2) is 47.1 Å². The average Bonchev–Trinajstić information content (AvgIpc) is 2.58. The van der Waals surface area contributed by atoms with Gasteiger partial charge in [-0.05, 0) is 49.3 Å². The highest BCUT2D eigenvalue weighted by molar-refractivity contribution is 5.62. The largest absolute Gasteiger partial charge is 0.491 e. The van der Waals surface area contributed by atoms with Crippen LogP contribution in [0, 0.1) is 11.7 Å². The summed E-state index contributed by atoms with van der Waals surface area (Å²) in [5.74, 6) is -2.71. The molecule has 4 rings (SSSR count). The highest BCUT2D eigenvalue weighted by Crippen LogP contribution is 2.59. The maximum Gasteiger partial charge on any atom is 0.169 e. The molecule has 1 aromatic rings. The van der Waals surface area contributed by atoms with Gasteiger partial charge in [0, 0.05) is 17.1 Å². The lowest BCUT2D eigenvalue weighted by atomic mass is 9.63. The zero-order chi connectivity index (χ0) is 17.7. The van der Waals surface area contributed by atoms with E-state index >= 15 is 0 Å². The van der Waals surface area contributed by atoms with E-state index in [0.29, 0.717) is 18.1 Å². The molecule has 25 heavy (non-hydrogen) atoms. The van der Waals surface area contributed by atoms with E-state index in [1.165, 1.54) is 0 Å². The van der Waals surface area contributed by atoms with Crippen molar-refractivity contribution in [2.45, 2.75) is 44.9 Å². The van der Waals surface area contributed by atoms with Crippen LogP contribution in [0.5, 0.6) is 5.75 Å². The normalized spacial score (nSPS) is 27.8. The van der Waals surface area contributed by atoms with Crippen molar-refractivity contribution in [2.75, 3.05) is 6.61 Å². The second-order valence-corrected chi connectivity index (χ2v) is 7.17. The molecule has 132 valence electrons. The minimum atomic E-state index is -0.859. The Hall–Kier alpha value is -1.97. The smallest absolute Gasteiger partial charge is 0.169 e. The van der Waals surface area contributed by atoms with E-state index in [0.717, 1.165) is 30.4 Å². The van der Waals surface area contributed by atoms with E-state index in [1.54, 1.807) is 25.1 Å².